The first-order chi connectivity index (χ1) is 28.5. The van der Waals surface area contributed by atoms with Gasteiger partial charge in [-0.2, -0.15) is 0 Å². The number of aromatic nitrogens is 4. The second-order valence-corrected chi connectivity index (χ2v) is 20.2. The van der Waals surface area contributed by atoms with Crippen LogP contribution in [0.5, 0.6) is 0 Å². The van der Waals surface area contributed by atoms with Gasteiger partial charge in [-0.05, 0) is 58.8 Å². The van der Waals surface area contributed by atoms with Gasteiger partial charge in [0.1, 0.15) is 11.6 Å². The van der Waals surface area contributed by atoms with Gasteiger partial charge in [0, 0.05) is 52.1 Å². The van der Waals surface area contributed by atoms with Crippen molar-refractivity contribution in [3.63, 3.8) is 0 Å². The molecule has 0 spiro atoms. The van der Waals surface area contributed by atoms with Crippen LogP contribution in [0.2, 0.25) is 0 Å². The lowest BCUT2D eigenvalue weighted by molar-refractivity contribution is -0.188. The Balaban J connectivity index is 0.942. The van der Waals surface area contributed by atoms with E-state index in [1.165, 1.54) is 0 Å². The minimum Gasteiger partial charge on any atom is -0.389 e. The van der Waals surface area contributed by atoms with Crippen molar-refractivity contribution in [3.8, 4) is 33.6 Å². The predicted octanol–water partition coefficient (Wildman–Crippen LogP) is 7.96. The molecule has 4 fully saturated rings. The normalized spacial score (nSPS) is 21.8. The van der Waals surface area contributed by atoms with E-state index in [0.717, 1.165) is 46.5 Å². The minimum atomic E-state index is -1.05. The Labute approximate surface area is 354 Å². The van der Waals surface area contributed by atoms with Crippen LogP contribution in [-0.2, 0) is 19.1 Å². The molecule has 2 saturated carbocycles. The highest BCUT2D eigenvalue weighted by molar-refractivity contribution is 5.86. The van der Waals surface area contributed by atoms with Crippen molar-refractivity contribution in [1.82, 2.24) is 30.6 Å². The fourth-order valence-corrected chi connectivity index (χ4v) is 10.1. The maximum Gasteiger partial charge on any atom is 0.229 e. The summed E-state index contributed by atoms with van der Waals surface area (Å²) in [7, 11) is 0. The summed E-state index contributed by atoms with van der Waals surface area (Å²) in [6, 6.07) is 15.9. The number of carbonyl (C=O) groups excluding carboxylic acids is 2. The smallest absolute Gasteiger partial charge is 0.229 e. The van der Waals surface area contributed by atoms with Crippen molar-refractivity contribution in [2.45, 2.75) is 129 Å². The molecule has 60 heavy (non-hydrogen) atoms. The number of ether oxygens (including phenoxy) is 2. The van der Waals surface area contributed by atoms with E-state index in [4.69, 9.17) is 19.4 Å². The van der Waals surface area contributed by atoms with Gasteiger partial charge in [-0.25, -0.2) is 9.97 Å². The summed E-state index contributed by atoms with van der Waals surface area (Å²) in [5.41, 5.74) is 1.45. The lowest BCUT2D eigenvalue weighted by atomic mass is 9.55. The molecular formula is C48H64N6O6. The van der Waals surface area contributed by atoms with Gasteiger partial charge in [0.2, 0.25) is 11.8 Å². The Hall–Kier alpha value is -4.36. The maximum absolute atomic E-state index is 14.0. The number of benzene rings is 2. The first-order valence-corrected chi connectivity index (χ1v) is 22.0. The van der Waals surface area contributed by atoms with Crippen LogP contribution < -0.4 is 10.6 Å². The van der Waals surface area contributed by atoms with Crippen LogP contribution in [0.1, 0.15) is 129 Å². The average Bonchev–Trinajstić information content (AvgIpc) is 3.86. The Morgan fingerprint density at radius 1 is 0.567 bits per heavy atom. The standard InChI is InChI=1S/C48H64N6O6/c1-43(2,3)37(53-41(55)45(17-7-18-45)47(57)21-25-59-26-22-47)39-49-29-35(51-39)33-13-9-31(10-14-33)32-11-15-34(16-12-32)36-30-50-40(52-36)38(44(4,5)6)54-42(56)46(19-8-20-46)48(58)23-27-60-28-24-48/h9-16,29-30,37-38,57-58H,7-8,17-28H2,1-6H3,(H,49,51)(H,50,52)(H,53,55)(H,54,56)/t37-,38-/m1/s1. The number of aromatic amines is 2. The molecule has 4 aliphatic rings. The molecule has 8 rings (SSSR count). The molecule has 2 amide bonds. The molecule has 2 aromatic carbocycles. The molecule has 12 nitrogen and oxygen atoms in total. The summed E-state index contributed by atoms with van der Waals surface area (Å²) in [6.45, 7) is 14.4. The highest BCUT2D eigenvalue weighted by Crippen LogP contribution is 2.55. The maximum atomic E-state index is 14.0. The number of carbonyl (C=O) groups is 2. The average molecular weight is 821 g/mol. The van der Waals surface area contributed by atoms with Crippen molar-refractivity contribution in [1.29, 1.82) is 0 Å². The van der Waals surface area contributed by atoms with Crippen LogP contribution in [0.4, 0.5) is 0 Å². The van der Waals surface area contributed by atoms with Crippen molar-refractivity contribution >= 4 is 11.8 Å². The lowest BCUT2D eigenvalue weighted by Crippen LogP contribution is -2.63. The number of nitrogens with one attached hydrogen (secondary N) is 4. The molecule has 2 atom stereocenters. The van der Waals surface area contributed by atoms with Gasteiger partial charge in [-0.15, -0.1) is 0 Å². The van der Waals surface area contributed by atoms with Crippen LogP contribution in [0.25, 0.3) is 33.6 Å². The third-order valence-electron chi connectivity index (χ3n) is 14.5. The SMILES string of the molecule is CC(C)(C)[C@H](NC(=O)C1(C2(O)CCOCC2)CCC1)c1ncc(-c2ccc(-c3ccc(-c4cnc([C@@H](NC(=O)C5(C6(O)CCOCC6)CCC5)C(C)(C)C)[nH]4)cc3)cc2)[nH]1. The summed E-state index contributed by atoms with van der Waals surface area (Å²) < 4.78 is 11.1. The fraction of sp³-hybridized carbons (Fsp3) is 0.583. The number of hydrogen-bond donors (Lipinski definition) is 6. The fourth-order valence-electron chi connectivity index (χ4n) is 10.1. The highest BCUT2D eigenvalue weighted by atomic mass is 16.5. The van der Waals surface area contributed by atoms with Crippen LogP contribution in [0.3, 0.4) is 0 Å². The van der Waals surface area contributed by atoms with Gasteiger partial charge >= 0.3 is 0 Å². The summed E-state index contributed by atoms with van der Waals surface area (Å²) in [5.74, 6) is 1.18. The van der Waals surface area contributed by atoms with Gasteiger partial charge in [-0.3, -0.25) is 9.59 Å². The lowest BCUT2D eigenvalue weighted by Gasteiger charge is -2.53. The number of nitrogens with zero attached hydrogens (tertiary/aromatic N) is 2. The quantitative estimate of drug-likeness (QED) is 0.0884. The van der Waals surface area contributed by atoms with E-state index in [-0.39, 0.29) is 34.7 Å². The largest absolute Gasteiger partial charge is 0.389 e. The molecule has 4 heterocycles. The molecule has 2 aromatic heterocycles. The monoisotopic (exact) mass is 820 g/mol. The van der Waals surface area contributed by atoms with Crippen LogP contribution in [0.15, 0.2) is 60.9 Å². The van der Waals surface area contributed by atoms with Crippen molar-refractivity contribution < 1.29 is 29.3 Å². The van der Waals surface area contributed by atoms with Crippen molar-refractivity contribution in [2.24, 2.45) is 21.7 Å². The zero-order valence-electron chi connectivity index (χ0n) is 36.2. The number of H-pyrrole nitrogens is 2. The Morgan fingerprint density at radius 2 is 0.883 bits per heavy atom. The number of imidazole rings is 2. The summed E-state index contributed by atoms with van der Waals surface area (Å²) >= 11 is 0. The Kier molecular flexibility index (Phi) is 11.2. The van der Waals surface area contributed by atoms with Gasteiger partial charge in [0.05, 0.1) is 57.9 Å². The van der Waals surface area contributed by atoms with Crippen molar-refractivity contribution in [2.75, 3.05) is 26.4 Å². The number of amides is 2. The van der Waals surface area contributed by atoms with E-state index in [1.54, 1.807) is 0 Å². The third kappa shape index (κ3) is 7.62. The topological polar surface area (TPSA) is 174 Å². The van der Waals surface area contributed by atoms with Gasteiger partial charge in [0.15, 0.2) is 0 Å². The third-order valence-corrected chi connectivity index (χ3v) is 14.5. The van der Waals surface area contributed by atoms with Crippen molar-refractivity contribution in [3.05, 3.63) is 72.6 Å². The molecule has 0 radical (unpaired) electrons. The molecule has 2 aliphatic heterocycles. The zero-order chi connectivity index (χ0) is 42.6. The summed E-state index contributed by atoms with van der Waals surface area (Å²) in [6.07, 6.45) is 10.1. The molecule has 12 heteroatoms. The van der Waals surface area contributed by atoms with Gasteiger partial charge in [-0.1, -0.05) is 103 Å². The molecule has 2 saturated heterocycles. The summed E-state index contributed by atoms with van der Waals surface area (Å²) in [4.78, 5) is 44.6. The number of aliphatic hydroxyl groups is 2. The molecular weight excluding hydrogens is 757 g/mol. The van der Waals surface area contributed by atoms with E-state index in [0.29, 0.717) is 89.4 Å². The van der Waals surface area contributed by atoms with E-state index in [2.05, 4.69) is 111 Å². The first kappa shape index (κ1) is 42.3. The van der Waals surface area contributed by atoms with E-state index < -0.39 is 22.0 Å². The molecule has 4 aromatic rings. The molecule has 2 aliphatic carbocycles. The minimum absolute atomic E-state index is 0.0957. The zero-order valence-corrected chi connectivity index (χ0v) is 36.2. The van der Waals surface area contributed by atoms with Crippen LogP contribution in [0, 0.1) is 21.7 Å². The molecule has 6 N–H and O–H groups in total. The second kappa shape index (κ2) is 15.8. The molecule has 0 unspecified atom stereocenters. The highest BCUT2D eigenvalue weighted by Gasteiger charge is 2.61. The van der Waals surface area contributed by atoms with Crippen LogP contribution in [-0.4, -0.2) is 79.6 Å². The Bertz CT molecular complexity index is 1990. The second-order valence-electron chi connectivity index (χ2n) is 20.2. The number of hydrogen-bond acceptors (Lipinski definition) is 8. The van der Waals surface area contributed by atoms with E-state index >= 15 is 0 Å². The summed E-state index contributed by atoms with van der Waals surface area (Å²) in [5, 5.41) is 30.0. The van der Waals surface area contributed by atoms with Gasteiger partial charge < -0.3 is 40.3 Å². The molecule has 0 bridgehead atoms. The van der Waals surface area contributed by atoms with Crippen LogP contribution >= 0.6 is 0 Å². The predicted molar refractivity (Wildman–Crippen MR) is 230 cm³/mol. The van der Waals surface area contributed by atoms with E-state index in [9.17, 15) is 19.8 Å². The van der Waals surface area contributed by atoms with E-state index in [1.807, 2.05) is 12.4 Å². The van der Waals surface area contributed by atoms with Gasteiger partial charge in [0.25, 0.3) is 0 Å². The number of rotatable bonds is 11. The first-order valence-electron chi connectivity index (χ1n) is 22.0. The Morgan fingerprint density at radius 3 is 1.17 bits per heavy atom. The molecule has 322 valence electrons.